The summed E-state index contributed by atoms with van der Waals surface area (Å²) in [6.45, 7) is 2.01. The number of sulfonamides is 1. The van der Waals surface area contributed by atoms with Gasteiger partial charge in [0.15, 0.2) is 0 Å². The van der Waals surface area contributed by atoms with Gasteiger partial charge < -0.3 is 0 Å². The van der Waals surface area contributed by atoms with Crippen LogP contribution in [0.25, 0.3) is 0 Å². The van der Waals surface area contributed by atoms with Crippen molar-refractivity contribution in [3.8, 4) is 0 Å². The van der Waals surface area contributed by atoms with E-state index in [4.69, 9.17) is 23.2 Å². The lowest BCUT2D eigenvalue weighted by Gasteiger charge is -2.07. The van der Waals surface area contributed by atoms with Crippen LogP contribution in [-0.4, -0.2) is 36.8 Å². The van der Waals surface area contributed by atoms with E-state index >= 15 is 0 Å². The number of hydrogen-bond acceptors (Lipinski definition) is 7. The number of carbonyl (C=O) groups excluding carboxylic acids is 1. The third kappa shape index (κ3) is 6.41. The van der Waals surface area contributed by atoms with Gasteiger partial charge in [-0.15, -0.1) is 10.2 Å². The van der Waals surface area contributed by atoms with Gasteiger partial charge in [0.25, 0.3) is 15.9 Å². The number of hydrogen-bond donors (Lipinski definition) is 2. The predicted molar refractivity (Wildman–Crippen MR) is 127 cm³/mol. The molecule has 1 aromatic heterocycles. The second-order valence-electron chi connectivity index (χ2n) is 6.29. The Labute approximate surface area is 198 Å². The highest BCUT2D eigenvalue weighted by Gasteiger charge is 2.21. The number of rotatable bonds is 9. The molecule has 3 rings (SSSR count). The maximum absolute atomic E-state index is 12.4. The average molecular weight is 517 g/mol. The SMILES string of the molecule is Cc1ccccc1C(=O)Nc1nnc(S(=O)(=O)NCCSCc2c(Cl)cccc2Cl)s1. The first-order chi connectivity index (χ1) is 14.8. The molecule has 0 radical (unpaired) electrons. The summed E-state index contributed by atoms with van der Waals surface area (Å²) in [6, 6.07) is 12.4. The number of nitrogens with zero attached hydrogens (tertiary/aromatic N) is 2. The van der Waals surface area contributed by atoms with Crippen LogP contribution in [0.1, 0.15) is 21.5 Å². The number of carbonyl (C=O) groups is 1. The van der Waals surface area contributed by atoms with Gasteiger partial charge in [-0.1, -0.05) is 58.8 Å². The molecule has 0 spiro atoms. The highest BCUT2D eigenvalue weighted by atomic mass is 35.5. The monoisotopic (exact) mass is 516 g/mol. The Morgan fingerprint density at radius 2 is 1.81 bits per heavy atom. The standard InChI is InChI=1S/C19H18Cl2N4O3S3/c1-12-5-2-3-6-13(12)17(26)23-18-24-25-19(30-18)31(27,28)22-9-10-29-11-14-15(20)7-4-8-16(14)21/h2-8,22H,9-11H2,1H3,(H,23,24,26). The summed E-state index contributed by atoms with van der Waals surface area (Å²) in [6.07, 6.45) is 0. The normalized spacial score (nSPS) is 11.5. The molecule has 0 saturated heterocycles. The van der Waals surface area contributed by atoms with E-state index in [1.165, 1.54) is 11.8 Å². The number of amides is 1. The molecule has 0 aliphatic rings. The quantitative estimate of drug-likeness (QED) is 0.318. The van der Waals surface area contributed by atoms with Gasteiger partial charge in [-0.05, 0) is 36.2 Å². The third-order valence-corrected chi connectivity index (χ3v) is 8.45. The molecule has 164 valence electrons. The summed E-state index contributed by atoms with van der Waals surface area (Å²) in [5, 5.41) is 11.3. The lowest BCUT2D eigenvalue weighted by atomic mass is 10.1. The van der Waals surface area contributed by atoms with Crippen molar-refractivity contribution in [1.82, 2.24) is 14.9 Å². The van der Waals surface area contributed by atoms with Gasteiger partial charge in [-0.2, -0.15) is 11.8 Å². The highest BCUT2D eigenvalue weighted by molar-refractivity contribution is 7.98. The molecule has 0 atom stereocenters. The van der Waals surface area contributed by atoms with Crippen molar-refractivity contribution in [2.45, 2.75) is 17.0 Å². The molecule has 3 aromatic rings. The molecule has 31 heavy (non-hydrogen) atoms. The Kier molecular flexibility index (Phi) is 8.31. The summed E-state index contributed by atoms with van der Waals surface area (Å²) in [5.74, 6) is 0.700. The number of aryl methyl sites for hydroxylation is 1. The van der Waals surface area contributed by atoms with E-state index in [1.54, 1.807) is 30.3 Å². The molecular weight excluding hydrogens is 499 g/mol. The van der Waals surface area contributed by atoms with Crippen molar-refractivity contribution in [1.29, 1.82) is 0 Å². The summed E-state index contributed by atoms with van der Waals surface area (Å²) in [4.78, 5) is 12.3. The van der Waals surface area contributed by atoms with Crippen LogP contribution in [0.15, 0.2) is 46.8 Å². The van der Waals surface area contributed by atoms with Gasteiger partial charge >= 0.3 is 0 Å². The second kappa shape index (κ2) is 10.8. The van der Waals surface area contributed by atoms with Crippen LogP contribution >= 0.6 is 46.3 Å². The van der Waals surface area contributed by atoms with Crippen LogP contribution in [-0.2, 0) is 15.8 Å². The molecule has 2 N–H and O–H groups in total. The smallest absolute Gasteiger partial charge is 0.269 e. The van der Waals surface area contributed by atoms with Crippen molar-refractivity contribution in [2.75, 3.05) is 17.6 Å². The molecule has 0 bridgehead atoms. The lowest BCUT2D eigenvalue weighted by molar-refractivity contribution is 0.102. The Morgan fingerprint density at radius 3 is 2.52 bits per heavy atom. The van der Waals surface area contributed by atoms with Gasteiger partial charge in [-0.25, -0.2) is 13.1 Å². The van der Waals surface area contributed by atoms with E-state index in [-0.39, 0.29) is 21.9 Å². The van der Waals surface area contributed by atoms with Crippen LogP contribution in [0.3, 0.4) is 0 Å². The highest BCUT2D eigenvalue weighted by Crippen LogP contribution is 2.28. The lowest BCUT2D eigenvalue weighted by Crippen LogP contribution is -2.26. The van der Waals surface area contributed by atoms with Crippen molar-refractivity contribution < 1.29 is 13.2 Å². The minimum absolute atomic E-state index is 0.108. The molecule has 12 heteroatoms. The van der Waals surface area contributed by atoms with Crippen LogP contribution in [0.5, 0.6) is 0 Å². The Balaban J connectivity index is 1.51. The molecule has 2 aromatic carbocycles. The molecule has 0 unspecified atom stereocenters. The molecule has 1 heterocycles. The van der Waals surface area contributed by atoms with Crippen LogP contribution in [0.4, 0.5) is 5.13 Å². The van der Waals surface area contributed by atoms with Crippen molar-refractivity contribution in [2.24, 2.45) is 0 Å². The van der Waals surface area contributed by atoms with E-state index in [0.29, 0.717) is 27.1 Å². The zero-order chi connectivity index (χ0) is 22.4. The van der Waals surface area contributed by atoms with E-state index < -0.39 is 10.0 Å². The summed E-state index contributed by atoms with van der Waals surface area (Å²) in [5.41, 5.74) is 2.10. The first-order valence-corrected chi connectivity index (χ1v) is 13.2. The average Bonchev–Trinajstić information content (AvgIpc) is 3.19. The van der Waals surface area contributed by atoms with E-state index in [9.17, 15) is 13.2 Å². The summed E-state index contributed by atoms with van der Waals surface area (Å²) < 4.78 is 27.1. The fourth-order valence-corrected chi connectivity index (χ4v) is 6.21. The number of nitrogens with one attached hydrogen (secondary N) is 2. The molecular formula is C19H18Cl2N4O3S3. The van der Waals surface area contributed by atoms with E-state index in [0.717, 1.165) is 22.5 Å². The molecule has 0 fully saturated rings. The predicted octanol–water partition coefficient (Wildman–Crippen LogP) is 4.62. The Bertz CT molecular complexity index is 1170. The maximum atomic E-state index is 12.4. The number of benzene rings is 2. The summed E-state index contributed by atoms with van der Waals surface area (Å²) >= 11 is 14.5. The van der Waals surface area contributed by atoms with Gasteiger partial charge in [0.2, 0.25) is 9.47 Å². The topological polar surface area (TPSA) is 101 Å². The van der Waals surface area contributed by atoms with E-state index in [2.05, 4.69) is 20.2 Å². The van der Waals surface area contributed by atoms with Crippen LogP contribution in [0, 0.1) is 6.92 Å². The first kappa shape index (κ1) is 24.0. The number of thioether (sulfide) groups is 1. The van der Waals surface area contributed by atoms with Gasteiger partial charge in [0.1, 0.15) is 0 Å². The van der Waals surface area contributed by atoms with Crippen molar-refractivity contribution >= 4 is 67.4 Å². The van der Waals surface area contributed by atoms with Crippen LogP contribution < -0.4 is 10.0 Å². The largest absolute Gasteiger partial charge is 0.296 e. The zero-order valence-electron chi connectivity index (χ0n) is 16.3. The third-order valence-electron chi connectivity index (χ3n) is 4.09. The number of halogens is 2. The van der Waals surface area contributed by atoms with Gasteiger partial charge in [-0.3, -0.25) is 10.1 Å². The fourth-order valence-electron chi connectivity index (χ4n) is 2.52. The minimum Gasteiger partial charge on any atom is -0.296 e. The number of aromatic nitrogens is 2. The minimum atomic E-state index is -3.83. The molecule has 7 nitrogen and oxygen atoms in total. The zero-order valence-corrected chi connectivity index (χ0v) is 20.2. The molecule has 0 aliphatic heterocycles. The molecule has 0 saturated carbocycles. The van der Waals surface area contributed by atoms with Gasteiger partial charge in [0, 0.05) is 33.7 Å². The Morgan fingerprint density at radius 1 is 1.10 bits per heavy atom. The maximum Gasteiger partial charge on any atom is 0.269 e. The van der Waals surface area contributed by atoms with Crippen molar-refractivity contribution in [3.63, 3.8) is 0 Å². The first-order valence-electron chi connectivity index (χ1n) is 8.98. The number of anilines is 1. The van der Waals surface area contributed by atoms with Gasteiger partial charge in [0.05, 0.1) is 0 Å². The van der Waals surface area contributed by atoms with Crippen molar-refractivity contribution in [3.05, 3.63) is 69.2 Å². The fraction of sp³-hybridized carbons (Fsp3) is 0.211. The van der Waals surface area contributed by atoms with E-state index in [1.807, 2.05) is 19.1 Å². The second-order valence-corrected chi connectivity index (χ2v) is 11.1. The van der Waals surface area contributed by atoms with Crippen LogP contribution in [0.2, 0.25) is 10.0 Å². The Hall–Kier alpha value is -1.69. The molecule has 1 amide bonds. The summed E-state index contributed by atoms with van der Waals surface area (Å²) in [7, 11) is -3.83. The molecule has 0 aliphatic carbocycles.